The minimum absolute atomic E-state index is 0.174. The number of rotatable bonds is 6. The summed E-state index contributed by atoms with van der Waals surface area (Å²) >= 11 is 5.79. The SMILES string of the molecule is Cc1ccc(OCCN(C)C(=O)c2cc(CCl)c(C)o2)cc1. The van der Waals surface area contributed by atoms with Crippen LogP contribution >= 0.6 is 11.6 Å². The highest BCUT2D eigenvalue weighted by atomic mass is 35.5. The maximum Gasteiger partial charge on any atom is 0.289 e. The Morgan fingerprint density at radius 3 is 2.55 bits per heavy atom. The second-order valence-electron chi connectivity index (χ2n) is 5.21. The van der Waals surface area contributed by atoms with E-state index in [9.17, 15) is 4.79 Å². The van der Waals surface area contributed by atoms with Gasteiger partial charge in [-0.1, -0.05) is 17.7 Å². The van der Waals surface area contributed by atoms with E-state index in [1.54, 1.807) is 24.9 Å². The molecule has 0 aliphatic rings. The van der Waals surface area contributed by atoms with Gasteiger partial charge in [0.05, 0.1) is 12.4 Å². The summed E-state index contributed by atoms with van der Waals surface area (Å²) in [4.78, 5) is 13.8. The number of hydrogen-bond donors (Lipinski definition) is 0. The summed E-state index contributed by atoms with van der Waals surface area (Å²) in [6.45, 7) is 4.72. The minimum Gasteiger partial charge on any atom is -0.492 e. The molecule has 0 radical (unpaired) electrons. The molecule has 22 heavy (non-hydrogen) atoms. The summed E-state index contributed by atoms with van der Waals surface area (Å²) in [6.07, 6.45) is 0. The predicted octanol–water partition coefficient (Wildman–Crippen LogP) is 3.79. The average Bonchev–Trinajstić information content (AvgIpc) is 2.89. The van der Waals surface area contributed by atoms with Crippen molar-refractivity contribution in [2.24, 2.45) is 0 Å². The standard InChI is InChI=1S/C17H20ClNO3/c1-12-4-6-15(7-5-12)21-9-8-19(3)17(20)16-10-14(11-18)13(2)22-16/h4-7,10H,8-9,11H2,1-3H3. The Hall–Kier alpha value is -1.94. The molecule has 0 saturated heterocycles. The highest BCUT2D eigenvalue weighted by molar-refractivity contribution is 6.17. The first-order chi connectivity index (χ1) is 10.5. The molecule has 4 nitrogen and oxygen atoms in total. The fourth-order valence-corrected chi connectivity index (χ4v) is 2.25. The molecular formula is C17H20ClNO3. The van der Waals surface area contributed by atoms with Crippen LogP contribution in [0.1, 0.15) is 27.4 Å². The summed E-state index contributed by atoms with van der Waals surface area (Å²) in [5, 5.41) is 0. The third-order valence-electron chi connectivity index (χ3n) is 3.44. The Morgan fingerprint density at radius 1 is 1.27 bits per heavy atom. The van der Waals surface area contributed by atoms with Crippen LogP contribution in [-0.2, 0) is 5.88 Å². The molecule has 0 bridgehead atoms. The first-order valence-electron chi connectivity index (χ1n) is 7.11. The number of alkyl halides is 1. The van der Waals surface area contributed by atoms with Crippen LogP contribution in [-0.4, -0.2) is 31.0 Å². The van der Waals surface area contributed by atoms with Crippen LogP contribution in [0.3, 0.4) is 0 Å². The molecule has 0 saturated carbocycles. The number of ether oxygens (including phenoxy) is 1. The van der Waals surface area contributed by atoms with Gasteiger partial charge in [-0.3, -0.25) is 4.79 Å². The van der Waals surface area contributed by atoms with Gasteiger partial charge in [-0.2, -0.15) is 0 Å². The zero-order chi connectivity index (χ0) is 16.1. The maximum absolute atomic E-state index is 12.2. The van der Waals surface area contributed by atoms with Crippen molar-refractivity contribution in [3.05, 3.63) is 53.0 Å². The lowest BCUT2D eigenvalue weighted by Crippen LogP contribution is -2.30. The summed E-state index contributed by atoms with van der Waals surface area (Å²) in [5.41, 5.74) is 2.03. The Morgan fingerprint density at radius 2 is 1.95 bits per heavy atom. The molecule has 0 spiro atoms. The van der Waals surface area contributed by atoms with E-state index in [2.05, 4.69) is 0 Å². The number of nitrogens with zero attached hydrogens (tertiary/aromatic N) is 1. The molecule has 1 aromatic heterocycles. The van der Waals surface area contributed by atoms with Gasteiger partial charge < -0.3 is 14.1 Å². The second kappa shape index (κ2) is 7.36. The highest BCUT2D eigenvalue weighted by Crippen LogP contribution is 2.18. The van der Waals surface area contributed by atoms with Gasteiger partial charge >= 0.3 is 0 Å². The minimum atomic E-state index is -0.174. The number of hydrogen-bond acceptors (Lipinski definition) is 3. The molecule has 2 aromatic rings. The van der Waals surface area contributed by atoms with Gasteiger partial charge in [-0.25, -0.2) is 0 Å². The number of likely N-dealkylation sites (N-methyl/N-ethyl adjacent to an activating group) is 1. The molecule has 1 amide bonds. The van der Waals surface area contributed by atoms with E-state index >= 15 is 0 Å². The summed E-state index contributed by atoms with van der Waals surface area (Å²) < 4.78 is 11.1. The van der Waals surface area contributed by atoms with Crippen molar-refractivity contribution in [3.63, 3.8) is 0 Å². The summed E-state index contributed by atoms with van der Waals surface area (Å²) in [7, 11) is 1.72. The van der Waals surface area contributed by atoms with Crippen molar-refractivity contribution in [2.75, 3.05) is 20.2 Å². The lowest BCUT2D eigenvalue weighted by molar-refractivity contribution is 0.0741. The van der Waals surface area contributed by atoms with Crippen molar-refractivity contribution >= 4 is 17.5 Å². The van der Waals surface area contributed by atoms with Gasteiger partial charge in [0.25, 0.3) is 5.91 Å². The predicted molar refractivity (Wildman–Crippen MR) is 86.6 cm³/mol. The van der Waals surface area contributed by atoms with Crippen LogP contribution in [0.2, 0.25) is 0 Å². The smallest absolute Gasteiger partial charge is 0.289 e. The van der Waals surface area contributed by atoms with Crippen molar-refractivity contribution in [3.8, 4) is 5.75 Å². The Balaban J connectivity index is 1.87. The molecule has 0 N–H and O–H groups in total. The Labute approximate surface area is 135 Å². The van der Waals surface area contributed by atoms with E-state index < -0.39 is 0 Å². The fraction of sp³-hybridized carbons (Fsp3) is 0.353. The van der Waals surface area contributed by atoms with Gasteiger partial charge in [-0.15, -0.1) is 11.6 Å². The van der Waals surface area contributed by atoms with E-state index in [0.717, 1.165) is 11.3 Å². The van der Waals surface area contributed by atoms with Crippen LogP contribution in [0.4, 0.5) is 0 Å². The molecule has 0 atom stereocenters. The second-order valence-corrected chi connectivity index (χ2v) is 5.48. The number of aryl methyl sites for hydroxylation is 2. The van der Waals surface area contributed by atoms with Crippen molar-refractivity contribution in [2.45, 2.75) is 19.7 Å². The Kier molecular flexibility index (Phi) is 5.50. The van der Waals surface area contributed by atoms with Crippen LogP contribution in [0.15, 0.2) is 34.7 Å². The number of benzene rings is 1. The lowest BCUT2D eigenvalue weighted by Gasteiger charge is -2.16. The monoisotopic (exact) mass is 321 g/mol. The number of carbonyl (C=O) groups is 1. The van der Waals surface area contributed by atoms with E-state index in [1.807, 2.05) is 31.2 Å². The van der Waals surface area contributed by atoms with Crippen molar-refractivity contribution in [1.82, 2.24) is 4.90 Å². The largest absolute Gasteiger partial charge is 0.492 e. The summed E-state index contributed by atoms with van der Waals surface area (Å²) in [5.74, 6) is 1.95. The summed E-state index contributed by atoms with van der Waals surface area (Å²) in [6, 6.07) is 9.51. The number of halogens is 1. The van der Waals surface area contributed by atoms with Crippen LogP contribution in [0.25, 0.3) is 0 Å². The molecule has 2 rings (SSSR count). The van der Waals surface area contributed by atoms with Crippen LogP contribution < -0.4 is 4.74 Å². The van der Waals surface area contributed by atoms with Gasteiger partial charge in [0, 0.05) is 12.6 Å². The van der Waals surface area contributed by atoms with E-state index in [0.29, 0.717) is 30.6 Å². The quantitative estimate of drug-likeness (QED) is 0.760. The van der Waals surface area contributed by atoms with Gasteiger partial charge in [0.2, 0.25) is 0 Å². The third-order valence-corrected chi connectivity index (χ3v) is 3.73. The van der Waals surface area contributed by atoms with Crippen LogP contribution in [0.5, 0.6) is 5.75 Å². The van der Waals surface area contributed by atoms with E-state index in [1.165, 1.54) is 5.56 Å². The number of carbonyl (C=O) groups excluding carboxylic acids is 1. The average molecular weight is 322 g/mol. The molecular weight excluding hydrogens is 302 g/mol. The third kappa shape index (κ3) is 4.04. The van der Waals surface area contributed by atoms with Crippen molar-refractivity contribution in [1.29, 1.82) is 0 Å². The number of furan rings is 1. The topological polar surface area (TPSA) is 42.7 Å². The first-order valence-corrected chi connectivity index (χ1v) is 7.65. The molecule has 5 heteroatoms. The zero-order valence-corrected chi connectivity index (χ0v) is 13.8. The van der Waals surface area contributed by atoms with E-state index in [-0.39, 0.29) is 5.91 Å². The molecule has 1 aromatic carbocycles. The molecule has 0 fully saturated rings. The molecule has 0 unspecified atom stereocenters. The normalized spacial score (nSPS) is 10.5. The maximum atomic E-state index is 12.2. The van der Waals surface area contributed by atoms with E-state index in [4.69, 9.17) is 20.8 Å². The van der Waals surface area contributed by atoms with Crippen molar-refractivity contribution < 1.29 is 13.9 Å². The zero-order valence-electron chi connectivity index (χ0n) is 13.1. The van der Waals surface area contributed by atoms with Gasteiger partial charge in [0.15, 0.2) is 5.76 Å². The van der Waals surface area contributed by atoms with Crippen LogP contribution in [0, 0.1) is 13.8 Å². The molecule has 0 aliphatic carbocycles. The number of amides is 1. The molecule has 118 valence electrons. The van der Waals surface area contributed by atoms with Gasteiger partial charge in [0.1, 0.15) is 18.1 Å². The highest BCUT2D eigenvalue weighted by Gasteiger charge is 2.17. The first kappa shape index (κ1) is 16.4. The fourth-order valence-electron chi connectivity index (χ4n) is 1.98. The van der Waals surface area contributed by atoms with Gasteiger partial charge in [-0.05, 0) is 32.0 Å². The lowest BCUT2D eigenvalue weighted by atomic mass is 10.2. The molecule has 0 aliphatic heterocycles. The Bertz CT molecular complexity index is 634. The molecule has 1 heterocycles.